The molecule has 0 aliphatic heterocycles. The highest BCUT2D eigenvalue weighted by Gasteiger charge is 2.12. The van der Waals surface area contributed by atoms with Gasteiger partial charge in [-0.1, -0.05) is 48.5 Å². The molecule has 0 saturated carbocycles. The van der Waals surface area contributed by atoms with E-state index in [2.05, 4.69) is 0 Å². The second-order valence-electron chi connectivity index (χ2n) is 4.47. The molecule has 4 N–H and O–H groups in total. The topological polar surface area (TPSA) is 132 Å². The summed E-state index contributed by atoms with van der Waals surface area (Å²) in [4.78, 5) is 31.1. The molecular weight excluding hydrogens is 328 g/mol. The minimum atomic E-state index is -1.42. The lowest BCUT2D eigenvalue weighted by Gasteiger charge is -1.91. The van der Waals surface area contributed by atoms with E-state index in [4.69, 9.17) is 20.4 Å². The molecule has 7 heteroatoms. The number of carboxylic acids is 2. The van der Waals surface area contributed by atoms with E-state index in [0.717, 1.165) is 0 Å². The molecule has 0 heterocycles. The Morgan fingerprint density at radius 3 is 1.32 bits per heavy atom. The molecule has 134 valence electrons. The molecule has 2 rings (SSSR count). The van der Waals surface area contributed by atoms with Gasteiger partial charge < -0.3 is 20.4 Å². The molecule has 0 spiro atoms. The summed E-state index contributed by atoms with van der Waals surface area (Å²) in [5.74, 6) is -3.17. The van der Waals surface area contributed by atoms with E-state index in [9.17, 15) is 14.4 Å². The first kappa shape index (κ1) is 22.0. The number of aromatic carboxylic acids is 1. The molecule has 0 amide bonds. The van der Waals surface area contributed by atoms with Crippen molar-refractivity contribution in [1.29, 1.82) is 0 Å². The van der Waals surface area contributed by atoms with Gasteiger partial charge in [0.15, 0.2) is 0 Å². The molecule has 0 bridgehead atoms. The third-order valence-corrected chi connectivity index (χ3v) is 2.57. The lowest BCUT2D eigenvalue weighted by atomic mass is 10.1. The second-order valence-corrected chi connectivity index (χ2v) is 4.47. The normalized spacial score (nSPS) is 8.88. The summed E-state index contributed by atoms with van der Waals surface area (Å²) in [5.41, 5.74) is 0.539. The van der Waals surface area contributed by atoms with Crippen molar-refractivity contribution in [1.82, 2.24) is 0 Å². The third kappa shape index (κ3) is 10.4. The smallest absolute Gasteiger partial charge is 0.377 e. The molecule has 0 aliphatic rings. The first-order valence-corrected chi connectivity index (χ1v) is 7.26. The van der Waals surface area contributed by atoms with E-state index < -0.39 is 17.7 Å². The number of aliphatic hydroxyl groups is 2. The maximum absolute atomic E-state index is 10.7. The van der Waals surface area contributed by atoms with E-state index in [1.807, 2.05) is 0 Å². The number of aliphatic hydroxyl groups excluding tert-OH is 2. The van der Waals surface area contributed by atoms with Crippen LogP contribution in [0.25, 0.3) is 0 Å². The Morgan fingerprint density at radius 2 is 1.08 bits per heavy atom. The average molecular weight is 348 g/mol. The van der Waals surface area contributed by atoms with Crippen molar-refractivity contribution in [2.24, 2.45) is 0 Å². The van der Waals surface area contributed by atoms with Crippen LogP contribution in [0.15, 0.2) is 60.7 Å². The van der Waals surface area contributed by atoms with Crippen molar-refractivity contribution >= 4 is 17.7 Å². The van der Waals surface area contributed by atoms with Crippen molar-refractivity contribution in [2.45, 2.75) is 6.42 Å². The van der Waals surface area contributed by atoms with E-state index >= 15 is 0 Å². The second kappa shape index (κ2) is 13.4. The van der Waals surface area contributed by atoms with Gasteiger partial charge in [-0.3, -0.25) is 4.79 Å². The molecule has 0 fully saturated rings. The van der Waals surface area contributed by atoms with Crippen LogP contribution in [-0.4, -0.2) is 51.4 Å². The van der Waals surface area contributed by atoms with E-state index in [-0.39, 0.29) is 18.8 Å². The molecule has 2 aromatic rings. The zero-order chi connectivity index (χ0) is 19.1. The van der Waals surface area contributed by atoms with Gasteiger partial charge in [0, 0.05) is 18.8 Å². The van der Waals surface area contributed by atoms with Crippen molar-refractivity contribution in [2.75, 3.05) is 13.2 Å². The van der Waals surface area contributed by atoms with Crippen LogP contribution in [0.3, 0.4) is 0 Å². The van der Waals surface area contributed by atoms with Crippen LogP contribution in [-0.2, 0) is 4.79 Å². The molecule has 0 atom stereocenters. The van der Waals surface area contributed by atoms with Gasteiger partial charge in [-0.25, -0.2) is 9.59 Å². The van der Waals surface area contributed by atoms with E-state index in [0.29, 0.717) is 12.0 Å². The van der Waals surface area contributed by atoms with Crippen LogP contribution < -0.4 is 0 Å². The summed E-state index contributed by atoms with van der Waals surface area (Å²) >= 11 is 0. The summed E-state index contributed by atoms with van der Waals surface area (Å²) in [6.07, 6.45) is 0.500. The van der Waals surface area contributed by atoms with Crippen molar-refractivity contribution < 1.29 is 34.8 Å². The Labute approximate surface area is 144 Å². The fourth-order valence-electron chi connectivity index (χ4n) is 1.36. The number of benzene rings is 2. The van der Waals surface area contributed by atoms with Gasteiger partial charge in [-0.15, -0.1) is 0 Å². The number of carbonyl (C=O) groups is 3. The Bertz CT molecular complexity index is 637. The molecule has 0 aromatic heterocycles. The highest BCUT2D eigenvalue weighted by Crippen LogP contribution is 1.99. The predicted octanol–water partition coefficient (Wildman–Crippen LogP) is 1.70. The number of aliphatic carboxylic acids is 1. The fourth-order valence-corrected chi connectivity index (χ4v) is 1.36. The maximum Gasteiger partial charge on any atom is 0.377 e. The van der Waals surface area contributed by atoms with Gasteiger partial charge in [0.05, 0.1) is 5.56 Å². The Balaban J connectivity index is 0.000000372. The first-order chi connectivity index (χ1) is 11.9. The standard InChI is InChI=1S/C8H6O3.C7H6O2.C3H8O2/c9-7(8(10)11)6-4-2-1-3-5-6;8-7(9)6-4-2-1-3-5-6;4-2-1-3-5/h1-5H,(H,10,11);1-5H,(H,8,9);4-5H,1-3H2. The van der Waals surface area contributed by atoms with Crippen LogP contribution in [0.4, 0.5) is 0 Å². The summed E-state index contributed by atoms with van der Waals surface area (Å²) in [6, 6.07) is 16.2. The number of rotatable bonds is 5. The van der Waals surface area contributed by atoms with E-state index in [1.54, 1.807) is 48.5 Å². The molecule has 7 nitrogen and oxygen atoms in total. The number of Topliss-reactive ketones (excluding diaryl/α,β-unsaturated/α-hetero) is 1. The van der Waals surface area contributed by atoms with Crippen LogP contribution >= 0.6 is 0 Å². The molecule has 0 unspecified atom stereocenters. The lowest BCUT2D eigenvalue weighted by Crippen LogP contribution is -2.12. The zero-order valence-electron chi connectivity index (χ0n) is 13.4. The number of hydrogen-bond donors (Lipinski definition) is 4. The largest absolute Gasteiger partial charge is 0.478 e. The van der Waals surface area contributed by atoms with Crippen molar-refractivity contribution in [3.8, 4) is 0 Å². The molecule has 0 radical (unpaired) electrons. The molecule has 0 aliphatic carbocycles. The molecular formula is C18H20O7. The summed E-state index contributed by atoms with van der Waals surface area (Å²) in [6.45, 7) is 0.188. The van der Waals surface area contributed by atoms with Gasteiger partial charge in [-0.2, -0.15) is 0 Å². The van der Waals surface area contributed by atoms with Gasteiger partial charge in [0.25, 0.3) is 5.78 Å². The average Bonchev–Trinajstić information content (AvgIpc) is 2.64. The van der Waals surface area contributed by atoms with Gasteiger partial charge in [-0.05, 0) is 18.6 Å². The Kier molecular flexibility index (Phi) is 11.8. The van der Waals surface area contributed by atoms with Crippen LogP contribution in [0.2, 0.25) is 0 Å². The van der Waals surface area contributed by atoms with Crippen LogP contribution in [0, 0.1) is 0 Å². The monoisotopic (exact) mass is 348 g/mol. The Morgan fingerprint density at radius 1 is 0.680 bits per heavy atom. The SMILES string of the molecule is O=C(O)C(=O)c1ccccc1.O=C(O)c1ccccc1.OCCCO. The number of hydrogen-bond acceptors (Lipinski definition) is 5. The van der Waals surface area contributed by atoms with Crippen LogP contribution in [0.1, 0.15) is 27.1 Å². The number of carboxylic acid groups (broad SMARTS) is 2. The first-order valence-electron chi connectivity index (χ1n) is 7.26. The zero-order valence-corrected chi connectivity index (χ0v) is 13.4. The predicted molar refractivity (Wildman–Crippen MR) is 90.6 cm³/mol. The quantitative estimate of drug-likeness (QED) is 0.477. The summed E-state index contributed by atoms with van der Waals surface area (Å²) in [7, 11) is 0. The fraction of sp³-hybridized carbons (Fsp3) is 0.167. The molecule has 25 heavy (non-hydrogen) atoms. The number of carbonyl (C=O) groups excluding carboxylic acids is 1. The van der Waals surface area contributed by atoms with Gasteiger partial charge >= 0.3 is 11.9 Å². The highest BCUT2D eigenvalue weighted by atomic mass is 16.4. The highest BCUT2D eigenvalue weighted by molar-refractivity contribution is 6.39. The van der Waals surface area contributed by atoms with Crippen LogP contribution in [0.5, 0.6) is 0 Å². The summed E-state index contributed by atoms with van der Waals surface area (Å²) < 4.78 is 0. The molecule has 2 aromatic carbocycles. The van der Waals surface area contributed by atoms with Crippen molar-refractivity contribution in [3.05, 3.63) is 71.8 Å². The molecule has 0 saturated heterocycles. The van der Waals surface area contributed by atoms with Crippen molar-refractivity contribution in [3.63, 3.8) is 0 Å². The van der Waals surface area contributed by atoms with E-state index in [1.165, 1.54) is 12.1 Å². The van der Waals surface area contributed by atoms with Gasteiger partial charge in [0.1, 0.15) is 0 Å². The maximum atomic E-state index is 10.7. The minimum absolute atomic E-state index is 0.0938. The van der Waals surface area contributed by atoms with Gasteiger partial charge in [0.2, 0.25) is 0 Å². The minimum Gasteiger partial charge on any atom is -0.478 e. The summed E-state index contributed by atoms with van der Waals surface area (Å²) in [5, 5.41) is 32.5. The Hall–Kier alpha value is -3.03. The number of ketones is 1. The lowest BCUT2D eigenvalue weighted by molar-refractivity contribution is -0.131. The third-order valence-electron chi connectivity index (χ3n) is 2.57.